The molecule has 0 saturated heterocycles. The molecular formula is C11H20N2O3. The third-order valence-electron chi connectivity index (χ3n) is 2.76. The van der Waals surface area contributed by atoms with Gasteiger partial charge >= 0.3 is 5.97 Å². The molecule has 0 aromatic rings. The van der Waals surface area contributed by atoms with Crippen molar-refractivity contribution >= 4 is 11.9 Å². The molecule has 1 amide bonds. The smallest absolute Gasteiger partial charge is 0.305 e. The van der Waals surface area contributed by atoms with Gasteiger partial charge in [-0.05, 0) is 25.2 Å². The molecule has 1 saturated carbocycles. The lowest BCUT2D eigenvalue weighted by molar-refractivity contribution is -0.140. The standard InChI is InChI=1S/C11H20N2O3/c1-16-11(15)3-2-6-13-10(14)7-9(12)8-4-5-8/h8-9H,2-7,12H2,1H3,(H,13,14). The van der Waals surface area contributed by atoms with Crippen LogP contribution in [0.25, 0.3) is 0 Å². The molecule has 0 bridgehead atoms. The topological polar surface area (TPSA) is 81.4 Å². The third kappa shape index (κ3) is 5.11. The summed E-state index contributed by atoms with van der Waals surface area (Å²) in [5.41, 5.74) is 5.82. The lowest BCUT2D eigenvalue weighted by Gasteiger charge is -2.10. The molecular weight excluding hydrogens is 208 g/mol. The van der Waals surface area contributed by atoms with Crippen molar-refractivity contribution in [1.29, 1.82) is 0 Å². The van der Waals surface area contributed by atoms with Crippen LogP contribution < -0.4 is 11.1 Å². The first kappa shape index (κ1) is 13.0. The molecule has 0 spiro atoms. The third-order valence-corrected chi connectivity index (χ3v) is 2.76. The lowest BCUT2D eigenvalue weighted by Crippen LogP contribution is -2.33. The van der Waals surface area contributed by atoms with Gasteiger partial charge in [0.2, 0.25) is 5.91 Å². The van der Waals surface area contributed by atoms with Crippen molar-refractivity contribution < 1.29 is 14.3 Å². The Kier molecular flexibility index (Phi) is 5.25. The maximum Gasteiger partial charge on any atom is 0.305 e. The molecule has 1 atom stereocenters. The van der Waals surface area contributed by atoms with E-state index in [1.165, 1.54) is 7.11 Å². The fourth-order valence-corrected chi connectivity index (χ4v) is 1.54. The van der Waals surface area contributed by atoms with Gasteiger partial charge in [-0.25, -0.2) is 0 Å². The van der Waals surface area contributed by atoms with Gasteiger partial charge in [0.1, 0.15) is 0 Å². The van der Waals surface area contributed by atoms with Crippen molar-refractivity contribution in [2.75, 3.05) is 13.7 Å². The molecule has 0 radical (unpaired) electrons. The van der Waals surface area contributed by atoms with Gasteiger partial charge < -0.3 is 15.8 Å². The number of hydrogen-bond acceptors (Lipinski definition) is 4. The summed E-state index contributed by atoms with van der Waals surface area (Å²) in [5.74, 6) is 0.272. The number of esters is 1. The fraction of sp³-hybridized carbons (Fsp3) is 0.818. The van der Waals surface area contributed by atoms with E-state index < -0.39 is 0 Å². The Hall–Kier alpha value is -1.10. The van der Waals surface area contributed by atoms with Crippen LogP contribution in [0.1, 0.15) is 32.1 Å². The lowest BCUT2D eigenvalue weighted by atomic mass is 10.1. The molecule has 0 aromatic heterocycles. The van der Waals surface area contributed by atoms with Crippen LogP contribution in [0.4, 0.5) is 0 Å². The summed E-state index contributed by atoms with van der Waals surface area (Å²) < 4.78 is 4.49. The average Bonchev–Trinajstić information content (AvgIpc) is 3.07. The van der Waals surface area contributed by atoms with Crippen LogP contribution in [-0.4, -0.2) is 31.6 Å². The maximum atomic E-state index is 11.4. The molecule has 5 heteroatoms. The predicted octanol–water partition coefficient (Wildman–Crippen LogP) is 0.183. The minimum Gasteiger partial charge on any atom is -0.469 e. The number of carbonyl (C=O) groups is 2. The van der Waals surface area contributed by atoms with Crippen molar-refractivity contribution in [3.05, 3.63) is 0 Å². The minimum absolute atomic E-state index is 0.000562. The Labute approximate surface area is 95.7 Å². The molecule has 0 aromatic carbocycles. The summed E-state index contributed by atoms with van der Waals surface area (Å²) in [6, 6.07) is 0.000562. The second-order valence-electron chi connectivity index (χ2n) is 4.24. The molecule has 1 unspecified atom stereocenters. The first-order valence-electron chi connectivity index (χ1n) is 5.72. The van der Waals surface area contributed by atoms with E-state index in [9.17, 15) is 9.59 Å². The highest BCUT2D eigenvalue weighted by Gasteiger charge is 2.29. The number of nitrogens with one attached hydrogen (secondary N) is 1. The number of methoxy groups -OCH3 is 1. The summed E-state index contributed by atoms with van der Waals surface area (Å²) in [6.45, 7) is 0.505. The summed E-state index contributed by atoms with van der Waals surface area (Å²) in [5, 5.41) is 2.75. The Morgan fingerprint density at radius 2 is 2.19 bits per heavy atom. The van der Waals surface area contributed by atoms with Crippen molar-refractivity contribution in [2.24, 2.45) is 11.7 Å². The van der Waals surface area contributed by atoms with E-state index in [0.29, 0.717) is 31.7 Å². The zero-order chi connectivity index (χ0) is 12.0. The second-order valence-corrected chi connectivity index (χ2v) is 4.24. The van der Waals surface area contributed by atoms with Crippen LogP contribution in [0.3, 0.4) is 0 Å². The summed E-state index contributed by atoms with van der Waals surface area (Å²) in [4.78, 5) is 22.2. The Morgan fingerprint density at radius 1 is 1.50 bits per heavy atom. The van der Waals surface area contributed by atoms with E-state index >= 15 is 0 Å². The SMILES string of the molecule is COC(=O)CCCNC(=O)CC(N)C1CC1. The van der Waals surface area contributed by atoms with E-state index in [4.69, 9.17) is 5.73 Å². The number of ether oxygens (including phenoxy) is 1. The quantitative estimate of drug-likeness (QED) is 0.481. The van der Waals surface area contributed by atoms with Gasteiger partial charge in [-0.2, -0.15) is 0 Å². The van der Waals surface area contributed by atoms with Crippen molar-refractivity contribution in [2.45, 2.75) is 38.1 Å². The fourth-order valence-electron chi connectivity index (χ4n) is 1.54. The van der Waals surface area contributed by atoms with Crippen LogP contribution in [0.15, 0.2) is 0 Å². The summed E-state index contributed by atoms with van der Waals surface area (Å²) in [6.07, 6.45) is 3.64. The second kappa shape index (κ2) is 6.48. The largest absolute Gasteiger partial charge is 0.469 e. The van der Waals surface area contributed by atoms with Crippen molar-refractivity contribution in [3.8, 4) is 0 Å². The van der Waals surface area contributed by atoms with E-state index in [0.717, 1.165) is 12.8 Å². The van der Waals surface area contributed by atoms with Gasteiger partial charge in [-0.1, -0.05) is 0 Å². The first-order chi connectivity index (χ1) is 7.63. The van der Waals surface area contributed by atoms with Gasteiger partial charge in [0.15, 0.2) is 0 Å². The molecule has 1 fully saturated rings. The Bertz CT molecular complexity index is 252. The molecule has 0 aliphatic heterocycles. The highest BCUT2D eigenvalue weighted by atomic mass is 16.5. The van der Waals surface area contributed by atoms with Gasteiger partial charge in [0.25, 0.3) is 0 Å². The van der Waals surface area contributed by atoms with Crippen molar-refractivity contribution in [3.63, 3.8) is 0 Å². The maximum absolute atomic E-state index is 11.4. The number of carbonyl (C=O) groups excluding carboxylic acids is 2. The molecule has 16 heavy (non-hydrogen) atoms. The van der Waals surface area contributed by atoms with Crippen LogP contribution >= 0.6 is 0 Å². The van der Waals surface area contributed by atoms with Crippen LogP contribution in [0.2, 0.25) is 0 Å². The zero-order valence-electron chi connectivity index (χ0n) is 9.70. The molecule has 1 aliphatic carbocycles. The summed E-state index contributed by atoms with van der Waals surface area (Å²) in [7, 11) is 1.36. The average molecular weight is 228 g/mol. The minimum atomic E-state index is -0.246. The number of rotatable bonds is 7. The Balaban J connectivity index is 1.99. The number of amides is 1. The van der Waals surface area contributed by atoms with E-state index in [1.807, 2.05) is 0 Å². The normalized spacial score (nSPS) is 16.6. The molecule has 1 aliphatic rings. The molecule has 1 rings (SSSR count). The highest BCUT2D eigenvalue weighted by Crippen LogP contribution is 2.32. The predicted molar refractivity (Wildman–Crippen MR) is 59.6 cm³/mol. The van der Waals surface area contributed by atoms with Gasteiger partial charge in [0, 0.05) is 25.4 Å². The molecule has 3 N–H and O–H groups in total. The number of nitrogens with two attached hydrogens (primary N) is 1. The van der Waals surface area contributed by atoms with Crippen LogP contribution in [0, 0.1) is 5.92 Å². The Morgan fingerprint density at radius 3 is 2.75 bits per heavy atom. The summed E-state index contributed by atoms with van der Waals surface area (Å²) >= 11 is 0. The first-order valence-corrected chi connectivity index (χ1v) is 5.72. The number of hydrogen-bond donors (Lipinski definition) is 2. The monoisotopic (exact) mass is 228 g/mol. The van der Waals surface area contributed by atoms with Crippen molar-refractivity contribution in [1.82, 2.24) is 5.32 Å². The molecule has 0 heterocycles. The van der Waals surface area contributed by atoms with Gasteiger partial charge in [-0.15, -0.1) is 0 Å². The van der Waals surface area contributed by atoms with Crippen LogP contribution in [-0.2, 0) is 14.3 Å². The van der Waals surface area contributed by atoms with Gasteiger partial charge in [0.05, 0.1) is 7.11 Å². The molecule has 92 valence electrons. The van der Waals surface area contributed by atoms with Crippen LogP contribution in [0.5, 0.6) is 0 Å². The van der Waals surface area contributed by atoms with E-state index in [-0.39, 0.29) is 17.9 Å². The zero-order valence-corrected chi connectivity index (χ0v) is 9.70. The van der Waals surface area contributed by atoms with Gasteiger partial charge in [-0.3, -0.25) is 9.59 Å². The van der Waals surface area contributed by atoms with E-state index in [1.54, 1.807) is 0 Å². The molecule has 5 nitrogen and oxygen atoms in total. The highest BCUT2D eigenvalue weighted by molar-refractivity contribution is 5.76. The van der Waals surface area contributed by atoms with E-state index in [2.05, 4.69) is 10.1 Å².